The molecular formula is C35H42O8. The van der Waals surface area contributed by atoms with Crippen LogP contribution in [0.4, 0.5) is 0 Å². The van der Waals surface area contributed by atoms with Crippen LogP contribution in [0.5, 0.6) is 11.5 Å². The number of phenolic OH excluding ortho intramolecular Hbond substituents is 2. The molecule has 0 radical (unpaired) electrons. The minimum Gasteiger partial charge on any atom is -0.504 e. The first-order chi connectivity index (χ1) is 19.9. The van der Waals surface area contributed by atoms with Crippen molar-refractivity contribution in [1.82, 2.24) is 0 Å². The van der Waals surface area contributed by atoms with E-state index in [1.165, 1.54) is 12.1 Å². The molecule has 1 aromatic carbocycles. The largest absolute Gasteiger partial charge is 0.504 e. The molecule has 43 heavy (non-hydrogen) atoms. The zero-order chi connectivity index (χ0) is 31.5. The number of hydrogen-bond donors (Lipinski definition) is 3. The summed E-state index contributed by atoms with van der Waals surface area (Å²) in [5.74, 6) is -3.75. The highest BCUT2D eigenvalue weighted by atomic mass is 16.6. The molecule has 8 nitrogen and oxygen atoms in total. The summed E-state index contributed by atoms with van der Waals surface area (Å²) in [5.41, 5.74) is -7.54. The first-order valence-corrected chi connectivity index (χ1v) is 15.3. The maximum absolute atomic E-state index is 15.3. The SMILES string of the molecule is CC(C)=CC[C@H]1C[C@@]23C[C@H]4CC(=O)O[C@@]4(C)C[C@]4(C(=O)c5ccc(O)c(O)c5)C(=O)[C@@](CC=C(C)C)(C[C@]1(C)[C@]24O)C3=O. The van der Waals surface area contributed by atoms with Gasteiger partial charge in [0.2, 0.25) is 0 Å². The van der Waals surface area contributed by atoms with Crippen LogP contribution in [-0.2, 0) is 19.1 Å². The summed E-state index contributed by atoms with van der Waals surface area (Å²) >= 11 is 0. The maximum atomic E-state index is 15.3. The highest BCUT2D eigenvalue weighted by Crippen LogP contribution is 2.83. The molecule has 1 saturated heterocycles. The lowest BCUT2D eigenvalue weighted by molar-refractivity contribution is -0.256. The number of hydrogen-bond acceptors (Lipinski definition) is 8. The number of carbonyl (C=O) groups excluding carboxylic acids is 4. The van der Waals surface area contributed by atoms with Crippen LogP contribution in [0, 0.1) is 33.5 Å². The van der Waals surface area contributed by atoms with E-state index in [2.05, 4.69) is 6.08 Å². The van der Waals surface area contributed by atoms with Gasteiger partial charge >= 0.3 is 5.97 Å². The number of ether oxygens (including phenoxy) is 1. The van der Waals surface area contributed by atoms with Gasteiger partial charge in [0, 0.05) is 23.3 Å². The van der Waals surface area contributed by atoms with Crippen LogP contribution < -0.4 is 0 Å². The van der Waals surface area contributed by atoms with E-state index in [-0.39, 0.29) is 49.4 Å². The molecule has 1 aliphatic heterocycles. The zero-order valence-electron chi connectivity index (χ0n) is 25.9. The summed E-state index contributed by atoms with van der Waals surface area (Å²) < 4.78 is 5.93. The Morgan fingerprint density at radius 2 is 1.63 bits per heavy atom. The van der Waals surface area contributed by atoms with E-state index in [0.29, 0.717) is 12.8 Å². The first-order valence-electron chi connectivity index (χ1n) is 15.3. The number of carbonyl (C=O) groups is 4. The van der Waals surface area contributed by atoms with E-state index >= 15 is 14.4 Å². The summed E-state index contributed by atoms with van der Waals surface area (Å²) in [4.78, 5) is 58.4. The molecule has 230 valence electrons. The van der Waals surface area contributed by atoms with E-state index < -0.39 is 67.8 Å². The van der Waals surface area contributed by atoms with Crippen LogP contribution in [0.25, 0.3) is 0 Å². The number of aliphatic hydroxyl groups is 1. The topological polar surface area (TPSA) is 138 Å². The van der Waals surface area contributed by atoms with Crippen LogP contribution in [-0.4, -0.2) is 49.8 Å². The standard InChI is InChI=1S/C35H42O8/c1-19(2)7-9-22-15-33-16-23-14-26(38)43-31(23,6)18-34(27(39)21-8-10-24(36)25(37)13-21)29(41)32(28(33)40,12-11-20(3)4)17-30(22,5)35(33,34)42/h7-8,10-11,13,22-23,36-37,42H,9,12,14-18H2,1-6H3/t22-,23+,30-,31-,32-,33-,34-,35-/m0/s1. The van der Waals surface area contributed by atoms with Gasteiger partial charge in [-0.25, -0.2) is 0 Å². The lowest BCUT2D eigenvalue weighted by atomic mass is 9.32. The number of aromatic hydroxyl groups is 2. The number of Topliss-reactive ketones (excluding diaryl/α,β-unsaturated/α-hetero) is 3. The third-order valence-corrected chi connectivity index (χ3v) is 12.1. The Morgan fingerprint density at radius 1 is 0.953 bits per heavy atom. The number of rotatable bonds is 6. The molecule has 0 amide bonds. The monoisotopic (exact) mass is 590 g/mol. The minimum atomic E-state index is -2.14. The molecule has 8 heteroatoms. The quantitative estimate of drug-likeness (QED) is 0.132. The average molecular weight is 591 g/mol. The molecule has 5 aliphatic carbocycles. The van der Waals surface area contributed by atoms with E-state index in [0.717, 1.165) is 17.2 Å². The van der Waals surface area contributed by atoms with Gasteiger partial charge in [-0.05, 0) is 90.8 Å². The Hall–Kier alpha value is -3.26. The Balaban J connectivity index is 1.72. The van der Waals surface area contributed by atoms with Gasteiger partial charge in [0.1, 0.15) is 16.6 Å². The van der Waals surface area contributed by atoms with Gasteiger partial charge in [0.15, 0.2) is 28.8 Å². The van der Waals surface area contributed by atoms with Gasteiger partial charge in [0.05, 0.1) is 17.3 Å². The van der Waals surface area contributed by atoms with Crippen molar-refractivity contribution < 1.29 is 39.2 Å². The van der Waals surface area contributed by atoms with Crippen molar-refractivity contribution in [2.45, 2.75) is 97.7 Å². The lowest BCUT2D eigenvalue weighted by Gasteiger charge is -2.69. The molecule has 1 heterocycles. The summed E-state index contributed by atoms with van der Waals surface area (Å²) in [7, 11) is 0. The molecule has 3 N–H and O–H groups in total. The number of allylic oxidation sites excluding steroid dienone is 4. The Morgan fingerprint density at radius 3 is 2.26 bits per heavy atom. The summed E-state index contributed by atoms with van der Waals surface area (Å²) in [6.45, 7) is 11.5. The summed E-state index contributed by atoms with van der Waals surface area (Å²) in [5, 5.41) is 34.0. The van der Waals surface area contributed by atoms with Crippen LogP contribution in [0.1, 0.15) is 96.8 Å². The molecule has 1 aromatic rings. The third-order valence-electron chi connectivity index (χ3n) is 12.1. The Kier molecular flexibility index (Phi) is 6.17. The number of phenols is 2. The highest BCUT2D eigenvalue weighted by Gasteiger charge is 2.93. The number of benzene rings is 1. The van der Waals surface area contributed by atoms with Gasteiger partial charge in [-0.15, -0.1) is 0 Å². The third kappa shape index (κ3) is 3.36. The molecule has 0 unspecified atom stereocenters. The molecule has 6 aliphatic rings. The normalized spacial score (nSPS) is 42.3. The van der Waals surface area contributed by atoms with E-state index in [9.17, 15) is 20.1 Å². The lowest BCUT2D eigenvalue weighted by Crippen LogP contribution is -2.83. The Bertz CT molecular complexity index is 1550. The van der Waals surface area contributed by atoms with Gasteiger partial charge in [-0.1, -0.05) is 30.2 Å². The van der Waals surface area contributed by atoms with Crippen molar-refractivity contribution in [3.63, 3.8) is 0 Å². The molecular weight excluding hydrogens is 548 g/mol. The number of ketones is 3. The molecule has 7 rings (SSSR count). The van der Waals surface area contributed by atoms with Crippen LogP contribution in [0.15, 0.2) is 41.5 Å². The molecule has 0 aromatic heterocycles. The molecule has 5 saturated carbocycles. The van der Waals surface area contributed by atoms with Gasteiger partial charge in [-0.2, -0.15) is 0 Å². The van der Waals surface area contributed by atoms with Crippen molar-refractivity contribution in [3.8, 4) is 11.5 Å². The van der Waals surface area contributed by atoms with Crippen LogP contribution in [0.3, 0.4) is 0 Å². The van der Waals surface area contributed by atoms with Gasteiger partial charge in [0.25, 0.3) is 0 Å². The molecule has 5 bridgehead atoms. The second-order valence-electron chi connectivity index (χ2n) is 15.0. The number of fused-ring (bicyclic) bond motifs is 1. The van der Waals surface area contributed by atoms with Crippen molar-refractivity contribution >= 4 is 23.3 Å². The van der Waals surface area contributed by atoms with E-state index in [1.54, 1.807) is 6.92 Å². The molecule has 8 atom stereocenters. The predicted octanol–water partition coefficient (Wildman–Crippen LogP) is 5.38. The first kappa shape index (κ1) is 29.8. The van der Waals surface area contributed by atoms with Crippen molar-refractivity contribution in [1.29, 1.82) is 0 Å². The summed E-state index contributed by atoms with van der Waals surface area (Å²) in [6, 6.07) is 3.62. The van der Waals surface area contributed by atoms with Gasteiger partial charge in [-0.3, -0.25) is 19.2 Å². The fraction of sp³-hybridized carbons (Fsp3) is 0.600. The number of esters is 1. The molecule has 0 spiro atoms. The zero-order valence-corrected chi connectivity index (χ0v) is 25.9. The van der Waals surface area contributed by atoms with Crippen LogP contribution >= 0.6 is 0 Å². The smallest absolute Gasteiger partial charge is 0.306 e. The van der Waals surface area contributed by atoms with Crippen molar-refractivity contribution in [2.75, 3.05) is 0 Å². The second-order valence-corrected chi connectivity index (χ2v) is 15.0. The van der Waals surface area contributed by atoms with E-state index in [4.69, 9.17) is 4.74 Å². The fourth-order valence-electron chi connectivity index (χ4n) is 10.3. The van der Waals surface area contributed by atoms with Crippen LogP contribution in [0.2, 0.25) is 0 Å². The summed E-state index contributed by atoms with van der Waals surface area (Å²) in [6.07, 6.45) is 5.01. The van der Waals surface area contributed by atoms with Crippen molar-refractivity contribution in [3.05, 3.63) is 47.1 Å². The predicted molar refractivity (Wildman–Crippen MR) is 157 cm³/mol. The highest BCUT2D eigenvalue weighted by molar-refractivity contribution is 6.27. The van der Waals surface area contributed by atoms with E-state index in [1.807, 2.05) is 40.7 Å². The average Bonchev–Trinajstić information content (AvgIpc) is 3.25. The maximum Gasteiger partial charge on any atom is 0.306 e. The Labute approximate surface area is 252 Å². The van der Waals surface area contributed by atoms with Gasteiger partial charge < -0.3 is 20.1 Å². The second kappa shape index (κ2) is 8.90. The molecule has 6 fully saturated rings. The fourth-order valence-corrected chi connectivity index (χ4v) is 10.3. The minimum absolute atomic E-state index is 0.0381. The van der Waals surface area contributed by atoms with Crippen molar-refractivity contribution in [2.24, 2.45) is 33.5 Å².